The molecule has 7 nitrogen and oxygen atoms in total. The number of fused-ring (bicyclic) bond motifs is 3. The van der Waals surface area contributed by atoms with E-state index in [1.165, 1.54) is 14.0 Å². The van der Waals surface area contributed by atoms with Gasteiger partial charge in [0.1, 0.15) is 0 Å². The van der Waals surface area contributed by atoms with Crippen molar-refractivity contribution in [2.24, 2.45) is 0 Å². The van der Waals surface area contributed by atoms with Gasteiger partial charge in [0, 0.05) is 57.9 Å². The van der Waals surface area contributed by atoms with Crippen LogP contribution in [0.5, 0.6) is 28.9 Å². The van der Waals surface area contributed by atoms with Crippen molar-refractivity contribution >= 4 is 56.9 Å². The molecule has 0 saturated heterocycles. The number of alkyl halides is 1. The molecule has 1 aliphatic rings. The minimum Gasteiger partial charge on any atom is -0.504 e. The van der Waals surface area contributed by atoms with Gasteiger partial charge in [-0.05, 0) is 56.3 Å². The predicted octanol–water partition coefficient (Wildman–Crippen LogP) is 6.80. The summed E-state index contributed by atoms with van der Waals surface area (Å²) >= 11 is -0.110. The Labute approximate surface area is 226 Å². The van der Waals surface area contributed by atoms with Gasteiger partial charge in [-0.3, -0.25) is 9.97 Å². The molecule has 38 heavy (non-hydrogen) atoms. The fourth-order valence-corrected chi connectivity index (χ4v) is 6.70. The number of hydrogen-bond acceptors (Lipinski definition) is 7. The van der Waals surface area contributed by atoms with Crippen molar-refractivity contribution in [2.75, 3.05) is 4.43 Å². The first kappa shape index (κ1) is 22.9. The van der Waals surface area contributed by atoms with E-state index in [2.05, 4.69) is 21.0 Å². The Kier molecular flexibility index (Phi) is 5.36. The smallest absolute Gasteiger partial charge is 0.220 e. The van der Waals surface area contributed by atoms with Crippen molar-refractivity contribution in [3.8, 4) is 40.0 Å². The zero-order valence-electron chi connectivity index (χ0n) is 19.9. The number of phenolic OH excluding ortho intramolecular Hbond substituents is 3. The minimum absolute atomic E-state index is 0.0370. The number of aromatic nitrogens is 3. The molecule has 0 atom stereocenters. The lowest BCUT2D eigenvalue weighted by Crippen LogP contribution is -2.08. The lowest BCUT2D eigenvalue weighted by molar-refractivity contribution is 0.402. The van der Waals surface area contributed by atoms with Crippen molar-refractivity contribution in [2.45, 2.75) is 6.42 Å². The molecule has 3 N–H and O–H groups in total. The number of pyridine rings is 3. The minimum atomic E-state index is -0.197. The average Bonchev–Trinajstić information content (AvgIpc) is 2.90. The van der Waals surface area contributed by atoms with E-state index in [9.17, 15) is 15.3 Å². The summed E-state index contributed by atoms with van der Waals surface area (Å²) in [5.74, 6) is 0.170. The number of nitrogens with zero attached hydrogens (tertiary/aromatic N) is 3. The van der Waals surface area contributed by atoms with E-state index in [1.54, 1.807) is 30.6 Å². The van der Waals surface area contributed by atoms with E-state index in [-0.39, 0.29) is 49.6 Å². The van der Waals surface area contributed by atoms with Crippen LogP contribution in [-0.4, -0.2) is 38.2 Å². The third-order valence-corrected chi connectivity index (χ3v) is 9.75. The summed E-state index contributed by atoms with van der Waals surface area (Å²) in [5.41, 5.74) is 4.76. The van der Waals surface area contributed by atoms with Crippen molar-refractivity contribution < 1.29 is 20.1 Å². The van der Waals surface area contributed by atoms with E-state index in [1.807, 2.05) is 36.4 Å². The lowest BCUT2D eigenvalue weighted by atomic mass is 10.0. The second kappa shape index (κ2) is 8.91. The SMILES string of the molecule is Oc1cc2cc(-c3ccc4ncccc4c3)cnc2cc1Oc1ccc2c(C3=ICC3)c(O)c(O)cc2n1. The maximum atomic E-state index is 10.8. The summed E-state index contributed by atoms with van der Waals surface area (Å²) in [6, 6.07) is 20.3. The molecule has 8 heteroatoms. The molecule has 186 valence electrons. The monoisotopic (exact) mass is 613 g/mol. The zero-order valence-corrected chi connectivity index (χ0v) is 22.0. The van der Waals surface area contributed by atoms with Crippen LogP contribution in [0, 0.1) is 0 Å². The van der Waals surface area contributed by atoms with Gasteiger partial charge in [-0.1, -0.05) is 12.1 Å². The van der Waals surface area contributed by atoms with Gasteiger partial charge in [0.05, 0.1) is 16.6 Å². The van der Waals surface area contributed by atoms with Gasteiger partial charge in [-0.25, -0.2) is 4.98 Å². The van der Waals surface area contributed by atoms with E-state index < -0.39 is 0 Å². The van der Waals surface area contributed by atoms with Gasteiger partial charge in [-0.15, -0.1) is 20.7 Å². The Morgan fingerprint density at radius 2 is 1.63 bits per heavy atom. The summed E-state index contributed by atoms with van der Waals surface area (Å²) in [5, 5.41) is 34.1. The van der Waals surface area contributed by atoms with E-state index >= 15 is 0 Å². The molecule has 0 radical (unpaired) electrons. The van der Waals surface area contributed by atoms with Crippen LogP contribution in [0.2, 0.25) is 0 Å². The van der Waals surface area contributed by atoms with Gasteiger partial charge >= 0.3 is 0 Å². The molecular formula is C30H20IN3O4. The fourth-order valence-electron chi connectivity index (χ4n) is 4.70. The summed E-state index contributed by atoms with van der Waals surface area (Å²) in [6.45, 7) is 0. The standard InChI is InChI=1S/C30H20IN3O4/c35-25-12-18-11-19(16-3-5-22-17(10-16)2-1-9-32-22)15-33-23(18)14-27(25)38-28-6-4-20-24(34-28)13-26(36)30(37)29(20)21-7-8-31-21/h1-6,9-15,35-37H,7-8H2. The van der Waals surface area contributed by atoms with Crippen LogP contribution in [0.25, 0.3) is 43.8 Å². The van der Waals surface area contributed by atoms with Gasteiger partial charge in [-0.2, -0.15) is 0 Å². The van der Waals surface area contributed by atoms with Crippen molar-refractivity contribution in [1.82, 2.24) is 15.0 Å². The highest BCUT2D eigenvalue weighted by molar-refractivity contribution is 14.2. The summed E-state index contributed by atoms with van der Waals surface area (Å²) in [4.78, 5) is 13.5. The number of benzene rings is 3. The first-order valence-electron chi connectivity index (χ1n) is 12.0. The van der Waals surface area contributed by atoms with Crippen LogP contribution in [-0.2, 0) is 0 Å². The lowest BCUT2D eigenvalue weighted by Gasteiger charge is -2.18. The largest absolute Gasteiger partial charge is 0.504 e. The molecule has 0 bridgehead atoms. The van der Waals surface area contributed by atoms with Crippen LogP contribution in [0.1, 0.15) is 12.0 Å². The maximum Gasteiger partial charge on any atom is 0.220 e. The number of phenols is 3. The summed E-state index contributed by atoms with van der Waals surface area (Å²) in [7, 11) is 0. The number of ether oxygens (including phenoxy) is 1. The molecule has 1 aliphatic heterocycles. The van der Waals surface area contributed by atoms with E-state index in [0.717, 1.165) is 39.2 Å². The summed E-state index contributed by atoms with van der Waals surface area (Å²) in [6.07, 6.45) is 4.51. The summed E-state index contributed by atoms with van der Waals surface area (Å²) < 4.78 is 8.34. The van der Waals surface area contributed by atoms with Crippen LogP contribution in [0.3, 0.4) is 0 Å². The van der Waals surface area contributed by atoms with Gasteiger partial charge < -0.3 is 20.1 Å². The van der Waals surface area contributed by atoms with Crippen LogP contribution >= 0.6 is 20.7 Å². The highest BCUT2D eigenvalue weighted by Crippen LogP contribution is 2.41. The second-order valence-electron chi connectivity index (χ2n) is 9.06. The van der Waals surface area contributed by atoms with Crippen LogP contribution < -0.4 is 4.74 Å². The van der Waals surface area contributed by atoms with Crippen molar-refractivity contribution in [3.05, 3.63) is 84.7 Å². The third kappa shape index (κ3) is 3.88. The fraction of sp³-hybridized carbons (Fsp3) is 0.0667. The van der Waals surface area contributed by atoms with E-state index in [0.29, 0.717) is 16.6 Å². The molecule has 7 rings (SSSR count). The first-order valence-corrected chi connectivity index (χ1v) is 14.6. The quantitative estimate of drug-likeness (QED) is 0.114. The van der Waals surface area contributed by atoms with Crippen molar-refractivity contribution in [3.63, 3.8) is 0 Å². The Morgan fingerprint density at radius 1 is 0.763 bits per heavy atom. The Morgan fingerprint density at radius 3 is 2.47 bits per heavy atom. The second-order valence-corrected chi connectivity index (χ2v) is 12.2. The molecule has 4 heterocycles. The van der Waals surface area contributed by atoms with Gasteiger partial charge in [0.2, 0.25) is 5.88 Å². The molecule has 0 aliphatic carbocycles. The topological polar surface area (TPSA) is 109 Å². The molecule has 0 fully saturated rings. The first-order chi connectivity index (χ1) is 18.5. The van der Waals surface area contributed by atoms with Gasteiger partial charge in [0.25, 0.3) is 0 Å². The Hall–Kier alpha value is -4.31. The number of aromatic hydroxyl groups is 3. The number of hydrogen-bond donors (Lipinski definition) is 3. The molecule has 0 amide bonds. The van der Waals surface area contributed by atoms with Crippen LogP contribution in [0.15, 0.2) is 79.1 Å². The molecular weight excluding hydrogens is 593 g/mol. The van der Waals surface area contributed by atoms with Crippen LogP contribution in [0.4, 0.5) is 0 Å². The van der Waals surface area contributed by atoms with Gasteiger partial charge in [0.15, 0.2) is 23.0 Å². The Bertz CT molecular complexity index is 1950. The number of halogens is 1. The molecule has 0 unspecified atom stereocenters. The highest BCUT2D eigenvalue weighted by Gasteiger charge is 2.21. The predicted molar refractivity (Wildman–Crippen MR) is 157 cm³/mol. The van der Waals surface area contributed by atoms with Crippen molar-refractivity contribution in [1.29, 1.82) is 0 Å². The molecule has 3 aromatic heterocycles. The molecule has 3 aromatic carbocycles. The van der Waals surface area contributed by atoms with E-state index in [4.69, 9.17) is 4.74 Å². The number of rotatable bonds is 4. The third-order valence-electron chi connectivity index (χ3n) is 6.68. The molecule has 0 saturated carbocycles. The normalized spacial score (nSPS) is 13.2. The average molecular weight is 613 g/mol. The molecule has 0 spiro atoms. The highest BCUT2D eigenvalue weighted by atomic mass is 127. The maximum absolute atomic E-state index is 10.8. The zero-order chi connectivity index (χ0) is 25.8. The Balaban J connectivity index is 1.23. The molecule has 6 aromatic rings.